The zero-order chi connectivity index (χ0) is 12.3. The summed E-state index contributed by atoms with van der Waals surface area (Å²) in [6.45, 7) is 0.631. The molecule has 1 heterocycles. The van der Waals surface area contributed by atoms with Crippen LogP contribution in [0.5, 0.6) is 0 Å². The molecule has 1 saturated heterocycles. The molecule has 1 aliphatic heterocycles. The number of nitrogens with two attached hydrogens (primary N) is 1. The van der Waals surface area contributed by atoms with E-state index in [0.29, 0.717) is 13.0 Å². The van der Waals surface area contributed by atoms with E-state index in [4.69, 9.17) is 5.73 Å². The molecule has 17 heavy (non-hydrogen) atoms. The minimum Gasteiger partial charge on any atom is -0.342 e. The van der Waals surface area contributed by atoms with Gasteiger partial charge in [0.1, 0.15) is 11.6 Å². The van der Waals surface area contributed by atoms with Crippen molar-refractivity contribution in [3.8, 4) is 0 Å². The first-order valence-corrected chi connectivity index (χ1v) is 6.51. The third kappa shape index (κ3) is 2.44. The molecule has 2 aliphatic rings. The van der Waals surface area contributed by atoms with Gasteiger partial charge in [-0.2, -0.15) is 0 Å². The van der Waals surface area contributed by atoms with Crippen LogP contribution >= 0.6 is 0 Å². The summed E-state index contributed by atoms with van der Waals surface area (Å²) in [7, 11) is 0. The first-order chi connectivity index (χ1) is 8.18. The lowest BCUT2D eigenvalue weighted by molar-refractivity contribution is -0.141. The third-order valence-corrected chi connectivity index (χ3v) is 3.82. The number of amides is 2. The fourth-order valence-corrected chi connectivity index (χ4v) is 2.77. The summed E-state index contributed by atoms with van der Waals surface area (Å²) < 4.78 is 0. The van der Waals surface area contributed by atoms with Crippen molar-refractivity contribution in [2.45, 2.75) is 56.5 Å². The van der Waals surface area contributed by atoms with Crippen LogP contribution in [0.15, 0.2) is 0 Å². The van der Waals surface area contributed by atoms with E-state index in [-0.39, 0.29) is 17.9 Å². The van der Waals surface area contributed by atoms with Crippen LogP contribution in [-0.2, 0) is 9.59 Å². The van der Waals surface area contributed by atoms with Gasteiger partial charge in [0, 0.05) is 0 Å². The molecule has 0 unspecified atom stereocenters. The van der Waals surface area contributed by atoms with Crippen molar-refractivity contribution in [2.24, 2.45) is 5.73 Å². The van der Waals surface area contributed by atoms with Crippen LogP contribution < -0.4 is 16.4 Å². The number of hydrogen-bond donors (Lipinski definition) is 3. The van der Waals surface area contributed by atoms with Gasteiger partial charge in [0.25, 0.3) is 0 Å². The number of rotatable bonds is 4. The number of hydrogen-bond acceptors (Lipinski definition) is 3. The van der Waals surface area contributed by atoms with Gasteiger partial charge < -0.3 is 16.4 Å². The molecular weight excluding hydrogens is 218 g/mol. The molecule has 2 rings (SSSR count). The first kappa shape index (κ1) is 12.4. The molecule has 1 atom stereocenters. The van der Waals surface area contributed by atoms with Gasteiger partial charge in [-0.3, -0.25) is 9.59 Å². The third-order valence-electron chi connectivity index (χ3n) is 3.82. The summed E-state index contributed by atoms with van der Waals surface area (Å²) in [4.78, 5) is 24.0. The summed E-state index contributed by atoms with van der Waals surface area (Å²) in [6, 6.07) is -0.361. The maximum atomic E-state index is 12.1. The molecule has 0 bridgehead atoms. The molecule has 2 amide bonds. The van der Waals surface area contributed by atoms with Crippen molar-refractivity contribution in [3.63, 3.8) is 0 Å². The van der Waals surface area contributed by atoms with E-state index in [1.165, 1.54) is 0 Å². The standard InChI is InChI=1S/C12H21N3O2/c13-8-4-1-5-9-10(16)15-12(11(17)14-9)6-2-3-7-12/h9H,1-8,13H2,(H,14,17)(H,15,16)/t9-/m0/s1. The second-order valence-corrected chi connectivity index (χ2v) is 5.09. The Morgan fingerprint density at radius 2 is 1.94 bits per heavy atom. The van der Waals surface area contributed by atoms with Crippen molar-refractivity contribution in [1.82, 2.24) is 10.6 Å². The monoisotopic (exact) mass is 239 g/mol. The van der Waals surface area contributed by atoms with Gasteiger partial charge in [-0.15, -0.1) is 0 Å². The largest absolute Gasteiger partial charge is 0.342 e. The van der Waals surface area contributed by atoms with Crippen LogP contribution in [0, 0.1) is 0 Å². The predicted octanol–water partition coefficient (Wildman–Crippen LogP) is 0.0428. The van der Waals surface area contributed by atoms with Gasteiger partial charge in [-0.1, -0.05) is 12.8 Å². The number of unbranched alkanes of at least 4 members (excludes halogenated alkanes) is 1. The van der Waals surface area contributed by atoms with Crippen LogP contribution in [0.2, 0.25) is 0 Å². The molecule has 0 aromatic rings. The van der Waals surface area contributed by atoms with Crippen LogP contribution in [-0.4, -0.2) is 29.9 Å². The fourth-order valence-electron chi connectivity index (χ4n) is 2.77. The SMILES string of the molecule is NCCCC[C@@H]1NC(=O)C2(CCCC2)NC1=O. The summed E-state index contributed by atoms with van der Waals surface area (Å²) in [6.07, 6.45) is 6.05. The van der Waals surface area contributed by atoms with E-state index in [0.717, 1.165) is 38.5 Å². The molecule has 1 saturated carbocycles. The molecule has 96 valence electrons. The van der Waals surface area contributed by atoms with E-state index < -0.39 is 5.54 Å². The molecule has 0 radical (unpaired) electrons. The summed E-state index contributed by atoms with van der Waals surface area (Å²) >= 11 is 0. The Balaban J connectivity index is 1.93. The number of carbonyl (C=O) groups excluding carboxylic acids is 2. The molecule has 1 aliphatic carbocycles. The first-order valence-electron chi connectivity index (χ1n) is 6.51. The van der Waals surface area contributed by atoms with E-state index in [1.54, 1.807) is 0 Å². The minimum absolute atomic E-state index is 0.00680. The molecule has 5 heteroatoms. The smallest absolute Gasteiger partial charge is 0.246 e. The Kier molecular flexibility index (Phi) is 3.66. The van der Waals surface area contributed by atoms with Gasteiger partial charge in [0.2, 0.25) is 11.8 Å². The lowest BCUT2D eigenvalue weighted by Gasteiger charge is -2.37. The zero-order valence-electron chi connectivity index (χ0n) is 10.1. The Hall–Kier alpha value is -1.10. The molecule has 2 fully saturated rings. The molecule has 4 N–H and O–H groups in total. The second kappa shape index (κ2) is 5.04. The molecule has 1 spiro atoms. The maximum Gasteiger partial charge on any atom is 0.246 e. The second-order valence-electron chi connectivity index (χ2n) is 5.09. The molecule has 0 aromatic heterocycles. The molecule has 0 aromatic carbocycles. The van der Waals surface area contributed by atoms with Crippen molar-refractivity contribution >= 4 is 11.8 Å². The van der Waals surface area contributed by atoms with Gasteiger partial charge in [-0.25, -0.2) is 0 Å². The summed E-state index contributed by atoms with van der Waals surface area (Å²) in [5.74, 6) is -0.0177. The van der Waals surface area contributed by atoms with Gasteiger partial charge >= 0.3 is 0 Å². The highest BCUT2D eigenvalue weighted by Crippen LogP contribution is 2.31. The number of piperazine rings is 1. The van der Waals surface area contributed by atoms with Gasteiger partial charge in [0.05, 0.1) is 0 Å². The van der Waals surface area contributed by atoms with Crippen LogP contribution in [0.4, 0.5) is 0 Å². The van der Waals surface area contributed by atoms with Crippen molar-refractivity contribution in [3.05, 3.63) is 0 Å². The normalized spacial score (nSPS) is 27.0. The number of nitrogens with one attached hydrogen (secondary N) is 2. The topological polar surface area (TPSA) is 84.2 Å². The predicted molar refractivity (Wildman–Crippen MR) is 64.2 cm³/mol. The zero-order valence-corrected chi connectivity index (χ0v) is 10.1. The Morgan fingerprint density at radius 1 is 1.24 bits per heavy atom. The van der Waals surface area contributed by atoms with Crippen LogP contribution in [0.3, 0.4) is 0 Å². The van der Waals surface area contributed by atoms with Gasteiger partial charge in [0.15, 0.2) is 0 Å². The van der Waals surface area contributed by atoms with E-state index in [9.17, 15) is 9.59 Å². The van der Waals surface area contributed by atoms with Crippen molar-refractivity contribution in [2.75, 3.05) is 6.54 Å². The summed E-state index contributed by atoms with van der Waals surface area (Å²) in [5.41, 5.74) is 4.82. The highest BCUT2D eigenvalue weighted by atomic mass is 16.2. The maximum absolute atomic E-state index is 12.1. The van der Waals surface area contributed by atoms with Crippen LogP contribution in [0.1, 0.15) is 44.9 Å². The van der Waals surface area contributed by atoms with E-state index in [2.05, 4.69) is 10.6 Å². The number of carbonyl (C=O) groups is 2. The minimum atomic E-state index is -0.596. The Labute approximate surface area is 102 Å². The highest BCUT2D eigenvalue weighted by molar-refractivity contribution is 5.99. The molecular formula is C12H21N3O2. The van der Waals surface area contributed by atoms with E-state index >= 15 is 0 Å². The quantitative estimate of drug-likeness (QED) is 0.606. The van der Waals surface area contributed by atoms with E-state index in [1.807, 2.05) is 0 Å². The fraction of sp³-hybridized carbons (Fsp3) is 0.833. The van der Waals surface area contributed by atoms with Crippen molar-refractivity contribution < 1.29 is 9.59 Å². The van der Waals surface area contributed by atoms with Crippen molar-refractivity contribution in [1.29, 1.82) is 0 Å². The average Bonchev–Trinajstić information content (AvgIpc) is 2.75. The highest BCUT2D eigenvalue weighted by Gasteiger charge is 2.47. The summed E-state index contributed by atoms with van der Waals surface area (Å²) in [5, 5.41) is 5.80. The van der Waals surface area contributed by atoms with Crippen LogP contribution in [0.25, 0.3) is 0 Å². The Morgan fingerprint density at radius 3 is 2.59 bits per heavy atom. The lowest BCUT2D eigenvalue weighted by atomic mass is 9.91. The Bertz CT molecular complexity index is 311. The lowest BCUT2D eigenvalue weighted by Crippen LogP contribution is -2.68. The molecule has 5 nitrogen and oxygen atoms in total. The van der Waals surface area contributed by atoms with Gasteiger partial charge in [-0.05, 0) is 38.6 Å². The average molecular weight is 239 g/mol.